The van der Waals surface area contributed by atoms with Gasteiger partial charge in [-0.25, -0.2) is 9.97 Å². The van der Waals surface area contributed by atoms with Crippen LogP contribution in [0.25, 0.3) is 22.2 Å². The SMILES string of the molecule is CN(C)C(=O)c1ccc([C@@H]2CCN(Cc3cc4c(-c5ccc(N)nc5)ccnc4n3C)C(=O)C2)cc1. The van der Waals surface area contributed by atoms with E-state index < -0.39 is 0 Å². The maximum Gasteiger partial charge on any atom is 0.253 e. The summed E-state index contributed by atoms with van der Waals surface area (Å²) in [6.07, 6.45) is 4.92. The zero-order chi connectivity index (χ0) is 25.4. The first kappa shape index (κ1) is 23.5. The minimum Gasteiger partial charge on any atom is -0.384 e. The minimum absolute atomic E-state index is 0.0206. The number of fused-ring (bicyclic) bond motifs is 1. The van der Waals surface area contributed by atoms with Gasteiger partial charge in [-0.15, -0.1) is 0 Å². The number of nitrogens with two attached hydrogens (primary N) is 1. The topological polar surface area (TPSA) is 97.3 Å². The lowest BCUT2D eigenvalue weighted by Crippen LogP contribution is -2.38. The molecule has 1 fully saturated rings. The van der Waals surface area contributed by atoms with Crippen LogP contribution in [0.15, 0.2) is 60.9 Å². The lowest BCUT2D eigenvalue weighted by molar-refractivity contribution is -0.134. The molecule has 1 aromatic carbocycles. The lowest BCUT2D eigenvalue weighted by atomic mass is 9.88. The van der Waals surface area contributed by atoms with E-state index in [9.17, 15) is 9.59 Å². The van der Waals surface area contributed by atoms with Crippen LogP contribution in [0.1, 0.15) is 40.4 Å². The molecule has 0 radical (unpaired) electrons. The number of amides is 2. The molecule has 0 unspecified atom stereocenters. The number of aromatic nitrogens is 3. The van der Waals surface area contributed by atoms with Crippen LogP contribution in [0.4, 0.5) is 5.82 Å². The van der Waals surface area contributed by atoms with E-state index in [1.165, 1.54) is 0 Å². The highest BCUT2D eigenvalue weighted by Gasteiger charge is 2.28. The van der Waals surface area contributed by atoms with E-state index in [0.29, 0.717) is 30.9 Å². The van der Waals surface area contributed by atoms with E-state index in [1.807, 2.05) is 48.3 Å². The molecule has 0 bridgehead atoms. The van der Waals surface area contributed by atoms with E-state index >= 15 is 0 Å². The number of carbonyl (C=O) groups excluding carboxylic acids is 2. The third-order valence-corrected chi connectivity index (χ3v) is 7.04. The largest absolute Gasteiger partial charge is 0.384 e. The van der Waals surface area contributed by atoms with Crippen LogP contribution in [0.5, 0.6) is 0 Å². The summed E-state index contributed by atoms with van der Waals surface area (Å²) >= 11 is 0. The summed E-state index contributed by atoms with van der Waals surface area (Å²) in [5.74, 6) is 0.766. The van der Waals surface area contributed by atoms with Gasteiger partial charge in [-0.05, 0) is 59.9 Å². The van der Waals surface area contributed by atoms with Crippen LogP contribution in [0.2, 0.25) is 0 Å². The van der Waals surface area contributed by atoms with Crippen molar-refractivity contribution in [1.29, 1.82) is 0 Å². The quantitative estimate of drug-likeness (QED) is 0.466. The number of nitrogen functional groups attached to an aromatic ring is 1. The number of nitrogens with zero attached hydrogens (tertiary/aromatic N) is 5. The fraction of sp³-hybridized carbons (Fsp3) is 0.286. The van der Waals surface area contributed by atoms with E-state index in [-0.39, 0.29) is 17.7 Å². The van der Waals surface area contributed by atoms with Crippen molar-refractivity contribution in [2.24, 2.45) is 7.05 Å². The highest BCUT2D eigenvalue weighted by molar-refractivity contribution is 5.94. The average Bonchev–Trinajstić information content (AvgIpc) is 3.20. The van der Waals surface area contributed by atoms with Gasteiger partial charge in [0.05, 0.1) is 6.54 Å². The Morgan fingerprint density at radius 2 is 1.89 bits per heavy atom. The zero-order valence-corrected chi connectivity index (χ0v) is 20.8. The fourth-order valence-electron chi connectivity index (χ4n) is 4.92. The van der Waals surface area contributed by atoms with Crippen LogP contribution in [-0.4, -0.2) is 56.8 Å². The van der Waals surface area contributed by atoms with Gasteiger partial charge in [-0.2, -0.15) is 0 Å². The third-order valence-electron chi connectivity index (χ3n) is 7.04. The maximum atomic E-state index is 13.1. The van der Waals surface area contributed by atoms with Gasteiger partial charge in [0.15, 0.2) is 0 Å². The summed E-state index contributed by atoms with van der Waals surface area (Å²) in [6, 6.07) is 15.5. The summed E-state index contributed by atoms with van der Waals surface area (Å²) in [5.41, 5.74) is 11.4. The van der Waals surface area contributed by atoms with Crippen molar-refractivity contribution in [3.05, 3.63) is 77.7 Å². The molecule has 184 valence electrons. The molecule has 36 heavy (non-hydrogen) atoms. The van der Waals surface area contributed by atoms with Gasteiger partial charge in [-0.1, -0.05) is 12.1 Å². The van der Waals surface area contributed by atoms with Crippen molar-refractivity contribution in [1.82, 2.24) is 24.3 Å². The molecule has 2 N–H and O–H groups in total. The summed E-state index contributed by atoms with van der Waals surface area (Å²) < 4.78 is 2.06. The highest BCUT2D eigenvalue weighted by atomic mass is 16.2. The molecule has 1 saturated heterocycles. The van der Waals surface area contributed by atoms with Crippen LogP contribution in [0.3, 0.4) is 0 Å². The molecule has 4 aromatic rings. The summed E-state index contributed by atoms with van der Waals surface area (Å²) in [4.78, 5) is 37.6. The van der Waals surface area contributed by atoms with Crippen molar-refractivity contribution in [3.8, 4) is 11.1 Å². The molecule has 1 aliphatic rings. The van der Waals surface area contributed by atoms with Crippen LogP contribution < -0.4 is 5.73 Å². The van der Waals surface area contributed by atoms with Gasteiger partial charge >= 0.3 is 0 Å². The van der Waals surface area contributed by atoms with Crippen molar-refractivity contribution in [3.63, 3.8) is 0 Å². The van der Waals surface area contributed by atoms with Crippen LogP contribution in [0, 0.1) is 0 Å². The Morgan fingerprint density at radius 3 is 2.56 bits per heavy atom. The number of rotatable bonds is 5. The number of benzene rings is 1. The van der Waals surface area contributed by atoms with E-state index in [4.69, 9.17) is 5.73 Å². The second-order valence-electron chi connectivity index (χ2n) is 9.59. The van der Waals surface area contributed by atoms with Crippen LogP contribution >= 0.6 is 0 Å². The Bertz CT molecular complexity index is 1420. The first-order valence-electron chi connectivity index (χ1n) is 12.1. The van der Waals surface area contributed by atoms with Gasteiger partial charge in [0.25, 0.3) is 5.91 Å². The van der Waals surface area contributed by atoms with Crippen molar-refractivity contribution >= 4 is 28.7 Å². The average molecular weight is 483 g/mol. The van der Waals surface area contributed by atoms with Gasteiger partial charge < -0.3 is 20.1 Å². The Kier molecular flexibility index (Phi) is 6.18. The van der Waals surface area contributed by atoms with E-state index in [2.05, 4.69) is 20.6 Å². The number of hydrogen-bond donors (Lipinski definition) is 1. The predicted octanol–water partition coefficient (Wildman–Crippen LogP) is 3.83. The molecule has 2 amide bonds. The molecular weight excluding hydrogens is 452 g/mol. The number of likely N-dealkylation sites (tertiary alicyclic amines) is 1. The number of piperidine rings is 1. The highest BCUT2D eigenvalue weighted by Crippen LogP contribution is 2.32. The Labute approximate surface area is 210 Å². The number of hydrogen-bond acceptors (Lipinski definition) is 5. The Morgan fingerprint density at radius 1 is 1.11 bits per heavy atom. The fourth-order valence-corrected chi connectivity index (χ4v) is 4.92. The predicted molar refractivity (Wildman–Crippen MR) is 140 cm³/mol. The number of anilines is 1. The lowest BCUT2D eigenvalue weighted by Gasteiger charge is -2.32. The zero-order valence-electron chi connectivity index (χ0n) is 20.8. The molecule has 5 rings (SSSR count). The molecule has 1 aliphatic heterocycles. The van der Waals surface area contributed by atoms with Gasteiger partial charge in [-0.3, -0.25) is 9.59 Å². The molecule has 1 atom stereocenters. The first-order valence-corrected chi connectivity index (χ1v) is 12.1. The molecule has 0 spiro atoms. The standard InChI is InChI=1S/C28H30N6O2/c1-32(2)28(36)19-6-4-18(5-7-19)20-11-13-34(26(35)14-20)17-22-15-24-23(10-12-30-27(24)33(22)3)21-8-9-25(29)31-16-21/h4-10,12,15-16,20H,11,13-14,17H2,1-3H3,(H2,29,31)/t20-/m1/s1. The number of aryl methyl sites for hydroxylation is 1. The first-order chi connectivity index (χ1) is 17.3. The molecule has 4 heterocycles. The second kappa shape index (κ2) is 9.45. The minimum atomic E-state index is -0.0206. The van der Waals surface area contributed by atoms with Crippen molar-refractivity contribution in [2.75, 3.05) is 26.4 Å². The smallest absolute Gasteiger partial charge is 0.253 e. The summed E-state index contributed by atoms with van der Waals surface area (Å²) in [5, 5.41) is 1.02. The molecule has 3 aromatic heterocycles. The molecule has 8 heteroatoms. The molecule has 0 saturated carbocycles. The van der Waals surface area contributed by atoms with Crippen LogP contribution in [-0.2, 0) is 18.4 Å². The maximum absolute atomic E-state index is 13.1. The second-order valence-corrected chi connectivity index (χ2v) is 9.59. The summed E-state index contributed by atoms with van der Waals surface area (Å²) in [7, 11) is 5.47. The summed E-state index contributed by atoms with van der Waals surface area (Å²) in [6.45, 7) is 1.22. The number of carbonyl (C=O) groups is 2. The van der Waals surface area contributed by atoms with Gasteiger partial charge in [0.1, 0.15) is 11.5 Å². The van der Waals surface area contributed by atoms with Crippen molar-refractivity contribution in [2.45, 2.75) is 25.3 Å². The van der Waals surface area contributed by atoms with E-state index in [0.717, 1.165) is 39.8 Å². The molecule has 0 aliphatic carbocycles. The molecule has 8 nitrogen and oxygen atoms in total. The van der Waals surface area contributed by atoms with Gasteiger partial charge in [0, 0.05) is 68.7 Å². The Hall–Kier alpha value is -4.20. The number of pyridine rings is 2. The van der Waals surface area contributed by atoms with Gasteiger partial charge in [0.2, 0.25) is 5.91 Å². The van der Waals surface area contributed by atoms with Crippen molar-refractivity contribution < 1.29 is 9.59 Å². The Balaban J connectivity index is 1.32. The monoisotopic (exact) mass is 482 g/mol. The van der Waals surface area contributed by atoms with E-state index in [1.54, 1.807) is 37.5 Å². The third kappa shape index (κ3) is 4.42. The molecular formula is C28H30N6O2. The normalized spacial score (nSPS) is 15.9.